The first-order valence-corrected chi connectivity index (χ1v) is 4.35. The molecule has 1 aliphatic carbocycles. The van der Waals surface area contributed by atoms with E-state index in [2.05, 4.69) is 20.8 Å². The summed E-state index contributed by atoms with van der Waals surface area (Å²) in [5, 5.41) is 0. The predicted octanol–water partition coefficient (Wildman–Crippen LogP) is 2.60. The molecule has 1 aliphatic rings. The van der Waals surface area contributed by atoms with E-state index in [1.807, 2.05) is 0 Å². The summed E-state index contributed by atoms with van der Waals surface area (Å²) in [6.07, 6.45) is 4.96. The number of ether oxygens (including phenoxy) is 1. The van der Waals surface area contributed by atoms with Gasteiger partial charge in [0.1, 0.15) is 0 Å². The second-order valence-electron chi connectivity index (χ2n) is 3.63. The third kappa shape index (κ3) is 1.98. The van der Waals surface area contributed by atoms with Gasteiger partial charge >= 0.3 is 0 Å². The molecule has 0 aromatic rings. The topological polar surface area (TPSA) is 9.23 Å². The Morgan fingerprint density at radius 2 is 2.00 bits per heavy atom. The second kappa shape index (κ2) is 3.38. The van der Waals surface area contributed by atoms with Gasteiger partial charge in [-0.25, -0.2) is 0 Å². The summed E-state index contributed by atoms with van der Waals surface area (Å²) in [7, 11) is 0. The fraction of sp³-hybridized carbons (Fsp3) is 1.00. The summed E-state index contributed by atoms with van der Waals surface area (Å²) in [5.41, 5.74) is 0. The predicted molar refractivity (Wildman–Crippen MR) is 43.0 cm³/mol. The van der Waals surface area contributed by atoms with Crippen LogP contribution in [0.4, 0.5) is 0 Å². The molecule has 0 saturated heterocycles. The van der Waals surface area contributed by atoms with E-state index in [0.29, 0.717) is 12.2 Å². The molecular formula is C9H18O. The average molecular weight is 142 g/mol. The maximum Gasteiger partial charge on any atom is 0.0604 e. The van der Waals surface area contributed by atoms with E-state index in [-0.39, 0.29) is 0 Å². The molecule has 0 radical (unpaired) electrons. The van der Waals surface area contributed by atoms with Gasteiger partial charge in [-0.05, 0) is 32.6 Å². The molecule has 1 nitrogen and oxygen atoms in total. The zero-order valence-electron chi connectivity index (χ0n) is 7.26. The van der Waals surface area contributed by atoms with Gasteiger partial charge in [0.15, 0.2) is 0 Å². The maximum atomic E-state index is 5.72. The van der Waals surface area contributed by atoms with Crippen LogP contribution in [0.1, 0.15) is 40.0 Å². The minimum Gasteiger partial charge on any atom is -0.375 e. The van der Waals surface area contributed by atoms with Crippen LogP contribution < -0.4 is 0 Å². The molecule has 2 atom stereocenters. The maximum absolute atomic E-state index is 5.72. The van der Waals surface area contributed by atoms with Crippen molar-refractivity contribution < 1.29 is 4.74 Å². The van der Waals surface area contributed by atoms with Crippen molar-refractivity contribution in [3.05, 3.63) is 0 Å². The Morgan fingerprint density at radius 1 is 1.30 bits per heavy atom. The Bertz CT molecular complexity index is 98.9. The van der Waals surface area contributed by atoms with E-state index in [0.717, 1.165) is 5.92 Å². The Labute approximate surface area is 63.8 Å². The number of hydrogen-bond acceptors (Lipinski definition) is 1. The fourth-order valence-corrected chi connectivity index (χ4v) is 1.66. The molecule has 0 aromatic carbocycles. The lowest BCUT2D eigenvalue weighted by Crippen LogP contribution is -2.19. The van der Waals surface area contributed by atoms with Crippen molar-refractivity contribution in [2.24, 2.45) is 5.92 Å². The van der Waals surface area contributed by atoms with E-state index in [1.54, 1.807) is 0 Å². The summed E-state index contributed by atoms with van der Waals surface area (Å²) in [6.45, 7) is 6.52. The molecule has 1 heteroatoms. The van der Waals surface area contributed by atoms with E-state index in [1.165, 1.54) is 19.3 Å². The van der Waals surface area contributed by atoms with Crippen LogP contribution >= 0.6 is 0 Å². The highest BCUT2D eigenvalue weighted by Crippen LogP contribution is 2.28. The zero-order chi connectivity index (χ0) is 7.56. The summed E-state index contributed by atoms with van der Waals surface area (Å²) >= 11 is 0. The Morgan fingerprint density at radius 3 is 2.40 bits per heavy atom. The minimum atomic E-state index is 0.408. The third-order valence-electron chi connectivity index (χ3n) is 2.23. The van der Waals surface area contributed by atoms with E-state index >= 15 is 0 Å². The van der Waals surface area contributed by atoms with Crippen LogP contribution in [-0.4, -0.2) is 12.2 Å². The second-order valence-corrected chi connectivity index (χ2v) is 3.63. The molecule has 0 heterocycles. The van der Waals surface area contributed by atoms with Crippen molar-refractivity contribution in [3.8, 4) is 0 Å². The van der Waals surface area contributed by atoms with Gasteiger partial charge in [0.05, 0.1) is 12.2 Å². The first kappa shape index (κ1) is 8.06. The molecule has 0 unspecified atom stereocenters. The third-order valence-corrected chi connectivity index (χ3v) is 2.23. The lowest BCUT2D eigenvalue weighted by Gasteiger charge is -2.18. The summed E-state index contributed by atoms with van der Waals surface area (Å²) in [5.74, 6) is 0.794. The summed E-state index contributed by atoms with van der Waals surface area (Å²) in [6, 6.07) is 0. The standard InChI is InChI=1S/C9H18O/c1-7(2)10-9-6-4-5-8(9)3/h7-9H,4-6H2,1-3H3/t8-,9+/m0/s1. The van der Waals surface area contributed by atoms with E-state index in [9.17, 15) is 0 Å². The van der Waals surface area contributed by atoms with Gasteiger partial charge in [-0.15, -0.1) is 0 Å². The van der Waals surface area contributed by atoms with Crippen molar-refractivity contribution >= 4 is 0 Å². The quantitative estimate of drug-likeness (QED) is 0.576. The van der Waals surface area contributed by atoms with Crippen LogP contribution in [0.15, 0.2) is 0 Å². The molecule has 0 spiro atoms. The largest absolute Gasteiger partial charge is 0.375 e. The Balaban J connectivity index is 2.26. The zero-order valence-corrected chi connectivity index (χ0v) is 7.26. The molecule has 1 saturated carbocycles. The smallest absolute Gasteiger partial charge is 0.0604 e. The SMILES string of the molecule is CC(C)O[C@@H]1CCC[C@@H]1C. The Hall–Kier alpha value is -0.0400. The van der Waals surface area contributed by atoms with Gasteiger partial charge in [-0.2, -0.15) is 0 Å². The molecule has 0 aromatic heterocycles. The number of rotatable bonds is 2. The van der Waals surface area contributed by atoms with Crippen LogP contribution in [0, 0.1) is 5.92 Å². The highest BCUT2D eigenvalue weighted by Gasteiger charge is 2.24. The van der Waals surface area contributed by atoms with Crippen LogP contribution in [0.3, 0.4) is 0 Å². The Kier molecular flexibility index (Phi) is 2.72. The van der Waals surface area contributed by atoms with Gasteiger partial charge in [0, 0.05) is 0 Å². The average Bonchev–Trinajstić information content (AvgIpc) is 2.15. The van der Waals surface area contributed by atoms with E-state index in [4.69, 9.17) is 4.74 Å². The monoisotopic (exact) mass is 142 g/mol. The van der Waals surface area contributed by atoms with Crippen molar-refractivity contribution in [2.75, 3.05) is 0 Å². The molecule has 0 aliphatic heterocycles. The summed E-state index contributed by atoms with van der Waals surface area (Å²) < 4.78 is 5.72. The van der Waals surface area contributed by atoms with Gasteiger partial charge in [-0.1, -0.05) is 13.3 Å². The van der Waals surface area contributed by atoms with Crippen molar-refractivity contribution in [1.82, 2.24) is 0 Å². The molecule has 1 fully saturated rings. The first-order valence-electron chi connectivity index (χ1n) is 4.35. The summed E-state index contributed by atoms with van der Waals surface area (Å²) in [4.78, 5) is 0. The van der Waals surface area contributed by atoms with Crippen molar-refractivity contribution in [1.29, 1.82) is 0 Å². The van der Waals surface area contributed by atoms with Crippen molar-refractivity contribution in [3.63, 3.8) is 0 Å². The van der Waals surface area contributed by atoms with Crippen LogP contribution in [0.2, 0.25) is 0 Å². The van der Waals surface area contributed by atoms with Gasteiger partial charge in [0.25, 0.3) is 0 Å². The van der Waals surface area contributed by atoms with Crippen LogP contribution in [-0.2, 0) is 4.74 Å². The van der Waals surface area contributed by atoms with E-state index < -0.39 is 0 Å². The molecule has 0 N–H and O–H groups in total. The molecule has 0 amide bonds. The van der Waals surface area contributed by atoms with Crippen LogP contribution in [0.25, 0.3) is 0 Å². The highest BCUT2D eigenvalue weighted by atomic mass is 16.5. The minimum absolute atomic E-state index is 0.408. The molecule has 10 heavy (non-hydrogen) atoms. The molecular weight excluding hydrogens is 124 g/mol. The number of hydrogen-bond donors (Lipinski definition) is 0. The lowest BCUT2D eigenvalue weighted by atomic mass is 10.1. The van der Waals surface area contributed by atoms with Crippen LogP contribution in [0.5, 0.6) is 0 Å². The molecule has 0 bridgehead atoms. The van der Waals surface area contributed by atoms with Gasteiger partial charge < -0.3 is 4.74 Å². The van der Waals surface area contributed by atoms with Crippen molar-refractivity contribution in [2.45, 2.75) is 52.2 Å². The lowest BCUT2D eigenvalue weighted by molar-refractivity contribution is -0.00908. The first-order chi connectivity index (χ1) is 4.70. The van der Waals surface area contributed by atoms with Gasteiger partial charge in [-0.3, -0.25) is 0 Å². The van der Waals surface area contributed by atoms with Gasteiger partial charge in [0.2, 0.25) is 0 Å². The fourth-order valence-electron chi connectivity index (χ4n) is 1.66. The normalized spacial score (nSPS) is 33.6. The molecule has 1 rings (SSSR count). The highest BCUT2D eigenvalue weighted by molar-refractivity contribution is 4.74. The molecule has 60 valence electrons.